The summed E-state index contributed by atoms with van der Waals surface area (Å²) in [7, 11) is 0. The highest BCUT2D eigenvalue weighted by atomic mass is 19.1. The maximum Gasteiger partial charge on any atom is 0.339 e. The highest BCUT2D eigenvalue weighted by Gasteiger charge is 2.14. The lowest BCUT2D eigenvalue weighted by Crippen LogP contribution is -2.13. The third kappa shape index (κ3) is 3.75. The molecule has 0 atom stereocenters. The van der Waals surface area contributed by atoms with Gasteiger partial charge in [0.1, 0.15) is 23.0 Å². The molecule has 1 aromatic carbocycles. The van der Waals surface area contributed by atoms with Crippen LogP contribution < -0.4 is 5.32 Å². The van der Waals surface area contributed by atoms with Crippen LogP contribution in [0, 0.1) is 18.6 Å². The number of aromatic nitrogens is 1. The van der Waals surface area contributed by atoms with E-state index >= 15 is 0 Å². The van der Waals surface area contributed by atoms with E-state index in [-0.39, 0.29) is 22.9 Å². The molecule has 0 fully saturated rings. The number of halogens is 2. The van der Waals surface area contributed by atoms with Crippen molar-refractivity contribution < 1.29 is 18.7 Å². The Morgan fingerprint density at radius 2 is 2.10 bits per heavy atom. The van der Waals surface area contributed by atoms with E-state index in [0.29, 0.717) is 13.0 Å². The van der Waals surface area contributed by atoms with Gasteiger partial charge in [0.2, 0.25) is 0 Å². The van der Waals surface area contributed by atoms with E-state index in [1.165, 1.54) is 19.1 Å². The van der Waals surface area contributed by atoms with Crippen molar-refractivity contribution in [3.8, 4) is 0 Å². The Balaban J connectivity index is 2.09. The smallest absolute Gasteiger partial charge is 0.339 e. The van der Waals surface area contributed by atoms with Crippen LogP contribution in [-0.4, -0.2) is 22.6 Å². The predicted octanol–water partition coefficient (Wildman–Crippen LogP) is 3.02. The molecule has 0 unspecified atom stereocenters. The molecule has 0 aliphatic carbocycles. The van der Waals surface area contributed by atoms with Crippen molar-refractivity contribution in [3.63, 3.8) is 0 Å². The number of anilines is 1. The van der Waals surface area contributed by atoms with Gasteiger partial charge in [0.25, 0.3) is 0 Å². The number of carboxylic acids is 1. The molecular weight excluding hydrogens is 278 g/mol. The number of nitrogens with one attached hydrogen (secondary N) is 1. The zero-order valence-electron chi connectivity index (χ0n) is 11.4. The lowest BCUT2D eigenvalue weighted by molar-refractivity contribution is 0.0697. The Bertz CT molecular complexity index is 675. The van der Waals surface area contributed by atoms with E-state index in [0.717, 1.165) is 11.6 Å². The molecule has 2 N–H and O–H groups in total. The summed E-state index contributed by atoms with van der Waals surface area (Å²) >= 11 is 0. The van der Waals surface area contributed by atoms with Crippen molar-refractivity contribution in [2.75, 3.05) is 11.9 Å². The number of benzene rings is 1. The zero-order valence-corrected chi connectivity index (χ0v) is 11.4. The Morgan fingerprint density at radius 3 is 2.76 bits per heavy atom. The standard InChI is InChI=1S/C15H14F2N2O2/c1-9-13(17)8-12(15(20)21)14(19-9)18-6-5-10-3-2-4-11(16)7-10/h2-4,7-8H,5-6H2,1H3,(H,18,19)(H,20,21). The molecule has 110 valence electrons. The summed E-state index contributed by atoms with van der Waals surface area (Å²) in [5, 5.41) is 11.9. The van der Waals surface area contributed by atoms with E-state index in [1.54, 1.807) is 12.1 Å². The first-order valence-corrected chi connectivity index (χ1v) is 6.36. The number of aryl methyl sites for hydroxylation is 1. The highest BCUT2D eigenvalue weighted by molar-refractivity contribution is 5.93. The Kier molecular flexibility index (Phi) is 4.47. The van der Waals surface area contributed by atoms with Crippen molar-refractivity contribution in [1.82, 2.24) is 4.98 Å². The van der Waals surface area contributed by atoms with Crippen LogP contribution in [0.5, 0.6) is 0 Å². The van der Waals surface area contributed by atoms with Crippen molar-refractivity contribution in [2.45, 2.75) is 13.3 Å². The fourth-order valence-corrected chi connectivity index (χ4v) is 1.90. The first kappa shape index (κ1) is 14.9. The Labute approximate surface area is 120 Å². The highest BCUT2D eigenvalue weighted by Crippen LogP contribution is 2.17. The van der Waals surface area contributed by atoms with Crippen molar-refractivity contribution in [2.24, 2.45) is 0 Å². The molecule has 2 aromatic rings. The summed E-state index contributed by atoms with van der Waals surface area (Å²) < 4.78 is 26.4. The van der Waals surface area contributed by atoms with Gasteiger partial charge in [-0.2, -0.15) is 0 Å². The number of aromatic carboxylic acids is 1. The van der Waals surface area contributed by atoms with Crippen LogP contribution >= 0.6 is 0 Å². The van der Waals surface area contributed by atoms with E-state index in [2.05, 4.69) is 10.3 Å². The van der Waals surface area contributed by atoms with Crippen LogP contribution in [0.25, 0.3) is 0 Å². The monoisotopic (exact) mass is 292 g/mol. The van der Waals surface area contributed by atoms with Gasteiger partial charge in [-0.3, -0.25) is 0 Å². The summed E-state index contributed by atoms with van der Waals surface area (Å²) in [5.74, 6) is -2.13. The minimum atomic E-state index is -1.25. The molecule has 6 heteroatoms. The molecule has 0 spiro atoms. The van der Waals surface area contributed by atoms with Crippen LogP contribution in [0.2, 0.25) is 0 Å². The number of carboxylic acid groups (broad SMARTS) is 1. The van der Waals surface area contributed by atoms with Gasteiger partial charge in [0, 0.05) is 6.54 Å². The second kappa shape index (κ2) is 6.30. The van der Waals surface area contributed by atoms with Crippen LogP contribution in [-0.2, 0) is 6.42 Å². The van der Waals surface area contributed by atoms with Gasteiger partial charge in [-0.15, -0.1) is 0 Å². The van der Waals surface area contributed by atoms with E-state index in [9.17, 15) is 13.6 Å². The third-order valence-electron chi connectivity index (χ3n) is 2.98. The van der Waals surface area contributed by atoms with Crippen molar-refractivity contribution in [1.29, 1.82) is 0 Å². The molecule has 0 aliphatic rings. The molecule has 0 saturated carbocycles. The van der Waals surface area contributed by atoms with E-state index < -0.39 is 11.8 Å². The van der Waals surface area contributed by atoms with E-state index in [1.807, 2.05) is 0 Å². The topological polar surface area (TPSA) is 62.2 Å². The maximum atomic E-state index is 13.4. The van der Waals surface area contributed by atoms with Gasteiger partial charge < -0.3 is 10.4 Å². The minimum absolute atomic E-state index is 0.109. The number of rotatable bonds is 5. The summed E-state index contributed by atoms with van der Waals surface area (Å²) in [4.78, 5) is 15.0. The second-order valence-electron chi connectivity index (χ2n) is 4.56. The maximum absolute atomic E-state index is 13.4. The van der Waals surface area contributed by atoms with Gasteiger partial charge in [-0.1, -0.05) is 12.1 Å². The van der Waals surface area contributed by atoms with Crippen LogP contribution in [0.4, 0.5) is 14.6 Å². The van der Waals surface area contributed by atoms with Crippen LogP contribution in [0.3, 0.4) is 0 Å². The zero-order chi connectivity index (χ0) is 15.4. The summed E-state index contributed by atoms with van der Waals surface area (Å²) in [6, 6.07) is 7.07. The molecule has 4 nitrogen and oxygen atoms in total. The lowest BCUT2D eigenvalue weighted by Gasteiger charge is -2.10. The number of hydrogen-bond donors (Lipinski definition) is 2. The van der Waals surface area contributed by atoms with Crippen LogP contribution in [0.1, 0.15) is 21.6 Å². The van der Waals surface area contributed by atoms with Crippen molar-refractivity contribution >= 4 is 11.8 Å². The van der Waals surface area contributed by atoms with Gasteiger partial charge in [-0.25, -0.2) is 18.6 Å². The van der Waals surface area contributed by atoms with E-state index in [4.69, 9.17) is 5.11 Å². The van der Waals surface area contributed by atoms with Gasteiger partial charge in [0.15, 0.2) is 0 Å². The summed E-state index contributed by atoms with van der Waals surface area (Å²) in [6.45, 7) is 1.82. The molecule has 1 heterocycles. The molecular formula is C15H14F2N2O2. The van der Waals surface area contributed by atoms with Gasteiger partial charge in [0.05, 0.1) is 5.69 Å². The third-order valence-corrected chi connectivity index (χ3v) is 2.98. The molecule has 0 aliphatic heterocycles. The van der Waals surface area contributed by atoms with Gasteiger partial charge >= 0.3 is 5.97 Å². The average Bonchev–Trinajstić information content (AvgIpc) is 2.42. The number of nitrogens with zero attached hydrogens (tertiary/aromatic N) is 1. The average molecular weight is 292 g/mol. The van der Waals surface area contributed by atoms with Gasteiger partial charge in [-0.05, 0) is 37.1 Å². The normalized spacial score (nSPS) is 10.4. The SMILES string of the molecule is Cc1nc(NCCc2cccc(F)c2)c(C(=O)O)cc1F. The fourth-order valence-electron chi connectivity index (χ4n) is 1.90. The fraction of sp³-hybridized carbons (Fsp3) is 0.200. The minimum Gasteiger partial charge on any atom is -0.478 e. The molecule has 1 aromatic heterocycles. The first-order chi connectivity index (χ1) is 9.97. The Hall–Kier alpha value is -2.50. The largest absolute Gasteiger partial charge is 0.478 e. The molecule has 2 rings (SSSR count). The van der Waals surface area contributed by atoms with Crippen molar-refractivity contribution in [3.05, 3.63) is 58.8 Å². The number of pyridine rings is 1. The molecule has 0 bridgehead atoms. The number of carbonyl (C=O) groups is 1. The quantitative estimate of drug-likeness (QED) is 0.889. The second-order valence-corrected chi connectivity index (χ2v) is 4.56. The summed E-state index contributed by atoms with van der Waals surface area (Å²) in [6.07, 6.45) is 0.495. The predicted molar refractivity (Wildman–Crippen MR) is 74.5 cm³/mol. The molecule has 0 amide bonds. The lowest BCUT2D eigenvalue weighted by atomic mass is 10.1. The number of hydrogen-bond acceptors (Lipinski definition) is 3. The first-order valence-electron chi connectivity index (χ1n) is 6.36. The molecule has 0 radical (unpaired) electrons. The Morgan fingerprint density at radius 1 is 1.33 bits per heavy atom. The molecule has 21 heavy (non-hydrogen) atoms. The molecule has 0 saturated heterocycles. The van der Waals surface area contributed by atoms with Crippen LogP contribution in [0.15, 0.2) is 30.3 Å². The summed E-state index contributed by atoms with van der Waals surface area (Å²) in [5.41, 5.74) is 0.670.